The van der Waals surface area contributed by atoms with Crippen molar-refractivity contribution in [3.8, 4) is 0 Å². The van der Waals surface area contributed by atoms with E-state index in [4.69, 9.17) is 0 Å². The molecule has 0 saturated carbocycles. The molecule has 0 nitrogen and oxygen atoms in total. The molecule has 0 aromatic carbocycles. The van der Waals surface area contributed by atoms with Gasteiger partial charge in [-0.05, 0) is 19.3 Å². The highest BCUT2D eigenvalue weighted by molar-refractivity contribution is 7.81. The average Bonchev–Trinajstić information content (AvgIpc) is 1.27. The van der Waals surface area contributed by atoms with Crippen molar-refractivity contribution in [3.05, 3.63) is 6.92 Å². The van der Waals surface area contributed by atoms with E-state index in [1.54, 1.807) is 0 Å². The summed E-state index contributed by atoms with van der Waals surface area (Å²) in [5.74, 6) is 0.736. The van der Waals surface area contributed by atoms with Crippen LogP contribution in [-0.4, -0.2) is 5.25 Å². The molecule has 0 aliphatic carbocycles. The first-order chi connectivity index (χ1) is 3.13. The molecule has 0 aromatic rings. The quantitative estimate of drug-likeness (QED) is 0.526. The van der Waals surface area contributed by atoms with Crippen molar-refractivity contribution in [1.29, 1.82) is 0 Å². The second-order valence-corrected chi connectivity index (χ2v) is 3.01. The van der Waals surface area contributed by atoms with Crippen LogP contribution in [0.4, 0.5) is 0 Å². The molecule has 1 heteroatoms. The average molecular weight is 117 g/mol. The van der Waals surface area contributed by atoms with Crippen molar-refractivity contribution in [2.24, 2.45) is 5.92 Å². The van der Waals surface area contributed by atoms with E-state index in [-0.39, 0.29) is 0 Å². The summed E-state index contributed by atoms with van der Waals surface area (Å²) < 4.78 is 0. The van der Waals surface area contributed by atoms with Gasteiger partial charge >= 0.3 is 0 Å². The van der Waals surface area contributed by atoms with E-state index in [0.717, 1.165) is 12.3 Å². The minimum absolute atomic E-state index is 0.319. The minimum Gasteiger partial charge on any atom is -0.176 e. The van der Waals surface area contributed by atoms with Gasteiger partial charge in [0.2, 0.25) is 0 Å². The molecule has 1 radical (unpaired) electrons. The van der Waals surface area contributed by atoms with E-state index >= 15 is 0 Å². The lowest BCUT2D eigenvalue weighted by molar-refractivity contribution is 0.602. The second-order valence-electron chi connectivity index (χ2n) is 2.28. The van der Waals surface area contributed by atoms with Gasteiger partial charge in [-0.15, -0.1) is 0 Å². The van der Waals surface area contributed by atoms with Crippen LogP contribution in [0, 0.1) is 12.8 Å². The van der Waals surface area contributed by atoms with Crippen LogP contribution in [0.3, 0.4) is 0 Å². The fourth-order valence-electron chi connectivity index (χ4n) is 0.544. The molecule has 0 spiro atoms. The van der Waals surface area contributed by atoms with E-state index in [9.17, 15) is 0 Å². The van der Waals surface area contributed by atoms with Gasteiger partial charge in [-0.25, -0.2) is 0 Å². The Morgan fingerprint density at radius 3 is 2.00 bits per heavy atom. The molecule has 0 amide bonds. The zero-order valence-corrected chi connectivity index (χ0v) is 5.91. The summed E-state index contributed by atoms with van der Waals surface area (Å²) in [4.78, 5) is 0. The Kier molecular flexibility index (Phi) is 3.53. The molecular formula is C6H13S. The third-order valence-corrected chi connectivity index (χ3v) is 0.954. The molecule has 0 N–H and O–H groups in total. The molecule has 1 atom stereocenters. The Labute approximate surface area is 51.7 Å². The second kappa shape index (κ2) is 3.36. The van der Waals surface area contributed by atoms with Crippen molar-refractivity contribution >= 4 is 12.6 Å². The van der Waals surface area contributed by atoms with Crippen molar-refractivity contribution in [3.63, 3.8) is 0 Å². The molecular weight excluding hydrogens is 104 g/mol. The van der Waals surface area contributed by atoms with Gasteiger partial charge < -0.3 is 0 Å². The standard InChI is InChI=1S/C6H13S/c1-5(2)4-6(3)7/h5-7H,3-4H2,1-2H3. The zero-order valence-electron chi connectivity index (χ0n) is 5.02. The Hall–Kier alpha value is 0.350. The largest absolute Gasteiger partial charge is 0.176 e. The first-order valence-corrected chi connectivity index (χ1v) is 3.15. The molecule has 7 heavy (non-hydrogen) atoms. The Bertz CT molecular complexity index is 33.4. The number of thiol groups is 1. The molecule has 0 bridgehead atoms. The van der Waals surface area contributed by atoms with E-state index in [0.29, 0.717) is 5.25 Å². The fourth-order valence-corrected chi connectivity index (χ4v) is 0.966. The smallest absolute Gasteiger partial charge is 0.00196 e. The summed E-state index contributed by atoms with van der Waals surface area (Å²) in [6, 6.07) is 0. The third-order valence-electron chi connectivity index (χ3n) is 0.743. The molecule has 0 aromatic heterocycles. The minimum atomic E-state index is 0.319. The van der Waals surface area contributed by atoms with Crippen LogP contribution in [-0.2, 0) is 0 Å². The van der Waals surface area contributed by atoms with E-state index in [2.05, 4.69) is 33.4 Å². The maximum Gasteiger partial charge on any atom is 0.00196 e. The predicted octanol–water partition coefficient (Wildman–Crippen LogP) is 2.16. The van der Waals surface area contributed by atoms with Crippen LogP contribution < -0.4 is 0 Å². The van der Waals surface area contributed by atoms with Gasteiger partial charge in [-0.1, -0.05) is 13.8 Å². The number of hydrogen-bond acceptors (Lipinski definition) is 1. The predicted molar refractivity (Wildman–Crippen MR) is 37.6 cm³/mol. The Morgan fingerprint density at radius 1 is 1.57 bits per heavy atom. The highest BCUT2D eigenvalue weighted by Crippen LogP contribution is 2.07. The Balaban J connectivity index is 2.95. The van der Waals surface area contributed by atoms with Gasteiger partial charge in [-0.3, -0.25) is 0 Å². The lowest BCUT2D eigenvalue weighted by Gasteiger charge is -2.04. The van der Waals surface area contributed by atoms with Crippen molar-refractivity contribution in [2.45, 2.75) is 25.5 Å². The van der Waals surface area contributed by atoms with Gasteiger partial charge in [0.15, 0.2) is 0 Å². The highest BCUT2D eigenvalue weighted by atomic mass is 32.1. The van der Waals surface area contributed by atoms with E-state index in [1.807, 2.05) is 0 Å². The summed E-state index contributed by atoms with van der Waals surface area (Å²) in [5, 5.41) is 0.319. The lowest BCUT2D eigenvalue weighted by Crippen LogP contribution is -1.96. The van der Waals surface area contributed by atoms with Crippen LogP contribution in [0.2, 0.25) is 0 Å². The van der Waals surface area contributed by atoms with Crippen LogP contribution in [0.25, 0.3) is 0 Å². The first-order valence-electron chi connectivity index (χ1n) is 2.64. The van der Waals surface area contributed by atoms with Crippen molar-refractivity contribution in [2.75, 3.05) is 0 Å². The normalized spacial score (nSPS) is 15.0. The molecule has 0 rings (SSSR count). The van der Waals surface area contributed by atoms with Gasteiger partial charge in [-0.2, -0.15) is 12.6 Å². The van der Waals surface area contributed by atoms with Gasteiger partial charge in [0, 0.05) is 5.25 Å². The van der Waals surface area contributed by atoms with Crippen LogP contribution in [0.1, 0.15) is 20.3 Å². The van der Waals surface area contributed by atoms with Crippen LogP contribution >= 0.6 is 12.6 Å². The maximum atomic E-state index is 4.13. The first kappa shape index (κ1) is 7.35. The molecule has 0 saturated heterocycles. The van der Waals surface area contributed by atoms with E-state index in [1.165, 1.54) is 0 Å². The van der Waals surface area contributed by atoms with Crippen LogP contribution in [0.15, 0.2) is 0 Å². The van der Waals surface area contributed by atoms with Crippen molar-refractivity contribution in [1.82, 2.24) is 0 Å². The van der Waals surface area contributed by atoms with Gasteiger partial charge in [0.1, 0.15) is 0 Å². The topological polar surface area (TPSA) is 0 Å². The van der Waals surface area contributed by atoms with Gasteiger partial charge in [0.05, 0.1) is 0 Å². The lowest BCUT2D eigenvalue weighted by atomic mass is 10.1. The molecule has 43 valence electrons. The van der Waals surface area contributed by atoms with Gasteiger partial charge in [0.25, 0.3) is 0 Å². The molecule has 1 unspecified atom stereocenters. The Morgan fingerprint density at radius 2 is 2.00 bits per heavy atom. The summed E-state index contributed by atoms with van der Waals surface area (Å²) in [6.07, 6.45) is 1.11. The molecule has 0 fully saturated rings. The fraction of sp³-hybridized carbons (Fsp3) is 0.833. The highest BCUT2D eigenvalue weighted by Gasteiger charge is 1.96. The summed E-state index contributed by atoms with van der Waals surface area (Å²) >= 11 is 4.13. The van der Waals surface area contributed by atoms with Crippen molar-refractivity contribution < 1.29 is 0 Å². The monoisotopic (exact) mass is 117 g/mol. The molecule has 0 heterocycles. The molecule has 0 aliphatic heterocycles. The molecule has 0 aliphatic rings. The summed E-state index contributed by atoms with van der Waals surface area (Å²) in [5.41, 5.74) is 0. The van der Waals surface area contributed by atoms with E-state index < -0.39 is 0 Å². The number of hydrogen-bond donors (Lipinski definition) is 1. The summed E-state index contributed by atoms with van der Waals surface area (Å²) in [7, 11) is 0. The third kappa shape index (κ3) is 6.35. The summed E-state index contributed by atoms with van der Waals surface area (Å²) in [6.45, 7) is 8.09. The SMILES string of the molecule is [CH2]C(S)CC(C)C. The number of rotatable bonds is 2. The maximum absolute atomic E-state index is 4.13. The van der Waals surface area contributed by atoms with Crippen LogP contribution in [0.5, 0.6) is 0 Å². The zero-order chi connectivity index (χ0) is 5.86.